The number of fused-ring (bicyclic) bond motifs is 1. The minimum absolute atomic E-state index is 0.598. The monoisotopic (exact) mass is 382 g/mol. The lowest BCUT2D eigenvalue weighted by Crippen LogP contribution is -2.33. The molecule has 0 amide bonds. The molecule has 1 aliphatic rings. The quantitative estimate of drug-likeness (QED) is 0.636. The number of aryl methyl sites for hydroxylation is 1. The number of aliphatic hydroxyl groups is 1. The van der Waals surface area contributed by atoms with E-state index in [0.29, 0.717) is 17.5 Å². The predicted octanol–water partition coefficient (Wildman–Crippen LogP) is 1.33. The zero-order valence-electron chi connectivity index (χ0n) is 16.3. The molecule has 0 radical (unpaired) electrons. The van der Waals surface area contributed by atoms with Gasteiger partial charge in [0.25, 0.3) is 0 Å². The fraction of sp³-hybridized carbons (Fsp3) is 0.474. The number of nitrogens with one attached hydrogen (secondary N) is 1. The third kappa shape index (κ3) is 3.90. The van der Waals surface area contributed by atoms with Crippen LogP contribution in [0.25, 0.3) is 0 Å². The maximum atomic E-state index is 10.6. The van der Waals surface area contributed by atoms with Crippen LogP contribution in [0.15, 0.2) is 30.9 Å². The van der Waals surface area contributed by atoms with Crippen LogP contribution < -0.4 is 5.32 Å². The standard InChI is InChI=1S/C19H26N8O/c1-3-4-21-19-22-10-14(11-23-19)12-26-7-8-27-15(13-26)9-16(24-27)17(28)18-20-5-6-25(18)2/h5-6,9-11,17,28H,3-4,7-8,12-13H2,1-2H3,(H,21,22,23). The molecule has 0 aromatic carbocycles. The maximum absolute atomic E-state index is 10.6. The number of hydrogen-bond acceptors (Lipinski definition) is 7. The van der Waals surface area contributed by atoms with Gasteiger partial charge in [0, 0.05) is 63.6 Å². The Morgan fingerprint density at radius 3 is 2.75 bits per heavy atom. The summed E-state index contributed by atoms with van der Waals surface area (Å²) in [5.41, 5.74) is 2.82. The molecule has 4 rings (SSSR count). The van der Waals surface area contributed by atoms with Gasteiger partial charge in [0.2, 0.25) is 5.95 Å². The second-order valence-corrected chi connectivity index (χ2v) is 7.13. The predicted molar refractivity (Wildman–Crippen MR) is 104 cm³/mol. The number of rotatable bonds is 7. The van der Waals surface area contributed by atoms with E-state index in [4.69, 9.17) is 0 Å². The van der Waals surface area contributed by atoms with Crippen molar-refractivity contribution >= 4 is 5.95 Å². The first-order valence-electron chi connectivity index (χ1n) is 9.63. The van der Waals surface area contributed by atoms with E-state index >= 15 is 0 Å². The summed E-state index contributed by atoms with van der Waals surface area (Å²) in [6.07, 6.45) is 7.50. The second-order valence-electron chi connectivity index (χ2n) is 7.13. The Kier molecular flexibility index (Phi) is 5.36. The first-order valence-corrected chi connectivity index (χ1v) is 9.63. The summed E-state index contributed by atoms with van der Waals surface area (Å²) in [5.74, 6) is 1.27. The topological polar surface area (TPSA) is 96.9 Å². The number of aliphatic hydroxyl groups excluding tert-OH is 1. The fourth-order valence-electron chi connectivity index (χ4n) is 3.41. The van der Waals surface area contributed by atoms with Gasteiger partial charge in [0.15, 0.2) is 6.10 Å². The van der Waals surface area contributed by atoms with Crippen molar-refractivity contribution in [2.45, 2.75) is 39.1 Å². The van der Waals surface area contributed by atoms with E-state index in [2.05, 4.69) is 37.2 Å². The van der Waals surface area contributed by atoms with E-state index in [9.17, 15) is 5.11 Å². The zero-order valence-corrected chi connectivity index (χ0v) is 16.3. The average molecular weight is 382 g/mol. The van der Waals surface area contributed by atoms with E-state index in [-0.39, 0.29) is 0 Å². The van der Waals surface area contributed by atoms with E-state index in [1.54, 1.807) is 6.20 Å². The molecular formula is C19H26N8O. The molecule has 1 atom stereocenters. The normalized spacial score (nSPS) is 15.4. The highest BCUT2D eigenvalue weighted by Crippen LogP contribution is 2.23. The highest BCUT2D eigenvalue weighted by molar-refractivity contribution is 5.24. The minimum Gasteiger partial charge on any atom is -0.379 e. The number of aromatic nitrogens is 6. The first-order chi connectivity index (χ1) is 13.6. The largest absolute Gasteiger partial charge is 0.379 e. The van der Waals surface area contributed by atoms with Gasteiger partial charge in [-0.25, -0.2) is 15.0 Å². The molecule has 9 nitrogen and oxygen atoms in total. The molecule has 3 aromatic rings. The molecule has 0 spiro atoms. The van der Waals surface area contributed by atoms with E-state index in [1.165, 1.54) is 0 Å². The van der Waals surface area contributed by atoms with Crippen molar-refractivity contribution < 1.29 is 5.11 Å². The molecule has 3 aromatic heterocycles. The molecule has 1 unspecified atom stereocenters. The summed E-state index contributed by atoms with van der Waals surface area (Å²) in [7, 11) is 1.87. The molecule has 1 aliphatic heterocycles. The number of imidazole rings is 1. The van der Waals surface area contributed by atoms with Gasteiger partial charge in [0.05, 0.1) is 17.9 Å². The molecule has 9 heteroatoms. The second kappa shape index (κ2) is 8.07. The van der Waals surface area contributed by atoms with Gasteiger partial charge in [-0.3, -0.25) is 9.58 Å². The van der Waals surface area contributed by atoms with Crippen LogP contribution >= 0.6 is 0 Å². The van der Waals surface area contributed by atoms with Crippen molar-refractivity contribution in [2.24, 2.45) is 7.05 Å². The van der Waals surface area contributed by atoms with E-state index < -0.39 is 6.10 Å². The summed E-state index contributed by atoms with van der Waals surface area (Å²) in [4.78, 5) is 15.3. The highest BCUT2D eigenvalue weighted by atomic mass is 16.3. The lowest BCUT2D eigenvalue weighted by molar-refractivity contribution is 0.194. The van der Waals surface area contributed by atoms with Crippen molar-refractivity contribution in [3.63, 3.8) is 0 Å². The van der Waals surface area contributed by atoms with Crippen LogP contribution in [-0.4, -0.2) is 52.4 Å². The van der Waals surface area contributed by atoms with Gasteiger partial charge in [-0.1, -0.05) is 6.92 Å². The van der Waals surface area contributed by atoms with Crippen molar-refractivity contribution in [1.29, 1.82) is 0 Å². The van der Waals surface area contributed by atoms with Crippen LogP contribution in [0.5, 0.6) is 0 Å². The Morgan fingerprint density at radius 1 is 1.21 bits per heavy atom. The summed E-state index contributed by atoms with van der Waals surface area (Å²) in [5, 5.41) is 18.4. The Morgan fingerprint density at radius 2 is 2.04 bits per heavy atom. The van der Waals surface area contributed by atoms with Gasteiger partial charge >= 0.3 is 0 Å². The van der Waals surface area contributed by atoms with Gasteiger partial charge in [0.1, 0.15) is 5.82 Å². The number of anilines is 1. The maximum Gasteiger partial charge on any atom is 0.222 e. The van der Waals surface area contributed by atoms with Crippen molar-refractivity contribution in [3.05, 3.63) is 53.6 Å². The molecule has 0 fully saturated rings. The van der Waals surface area contributed by atoms with Crippen molar-refractivity contribution in [1.82, 2.24) is 34.2 Å². The third-order valence-corrected chi connectivity index (χ3v) is 4.92. The fourth-order valence-corrected chi connectivity index (χ4v) is 3.41. The summed E-state index contributed by atoms with van der Waals surface area (Å²) >= 11 is 0. The Labute approximate surface area is 164 Å². The van der Waals surface area contributed by atoms with Gasteiger partial charge in [-0.15, -0.1) is 0 Å². The van der Waals surface area contributed by atoms with Gasteiger partial charge < -0.3 is 15.0 Å². The third-order valence-electron chi connectivity index (χ3n) is 4.92. The van der Waals surface area contributed by atoms with Crippen LogP contribution in [-0.2, 0) is 26.7 Å². The molecule has 2 N–H and O–H groups in total. The van der Waals surface area contributed by atoms with E-state index in [0.717, 1.165) is 50.4 Å². The van der Waals surface area contributed by atoms with E-state index in [1.807, 2.05) is 41.0 Å². The molecule has 148 valence electrons. The number of nitrogens with zero attached hydrogens (tertiary/aromatic N) is 7. The molecule has 4 heterocycles. The summed E-state index contributed by atoms with van der Waals surface area (Å²) in [6.45, 7) is 6.24. The molecule has 0 saturated carbocycles. The first kappa shape index (κ1) is 18.6. The van der Waals surface area contributed by atoms with Crippen LogP contribution in [0.3, 0.4) is 0 Å². The molecule has 0 bridgehead atoms. The van der Waals surface area contributed by atoms with Crippen LogP contribution in [0.4, 0.5) is 5.95 Å². The van der Waals surface area contributed by atoms with Gasteiger partial charge in [-0.2, -0.15) is 5.10 Å². The molecular weight excluding hydrogens is 356 g/mol. The Balaban J connectivity index is 1.41. The zero-order chi connectivity index (χ0) is 19.5. The minimum atomic E-state index is -0.817. The summed E-state index contributed by atoms with van der Waals surface area (Å²) < 4.78 is 3.79. The smallest absolute Gasteiger partial charge is 0.222 e. The van der Waals surface area contributed by atoms with Gasteiger partial charge in [-0.05, 0) is 12.5 Å². The summed E-state index contributed by atoms with van der Waals surface area (Å²) in [6, 6.07) is 1.97. The van der Waals surface area contributed by atoms with Crippen molar-refractivity contribution in [2.75, 3.05) is 18.4 Å². The lowest BCUT2D eigenvalue weighted by atomic mass is 10.2. The Hall–Kier alpha value is -2.78. The SMILES string of the molecule is CCCNc1ncc(CN2CCn3nc(C(O)c4nccn4C)cc3C2)cn1. The van der Waals surface area contributed by atoms with Crippen LogP contribution in [0.2, 0.25) is 0 Å². The van der Waals surface area contributed by atoms with Crippen LogP contribution in [0.1, 0.15) is 42.2 Å². The molecule has 0 saturated heterocycles. The molecule has 0 aliphatic carbocycles. The Bertz CT molecular complexity index is 916. The average Bonchev–Trinajstić information content (AvgIpc) is 3.32. The lowest BCUT2D eigenvalue weighted by Gasteiger charge is -2.27. The van der Waals surface area contributed by atoms with Crippen LogP contribution in [0, 0.1) is 0 Å². The molecule has 28 heavy (non-hydrogen) atoms. The highest BCUT2D eigenvalue weighted by Gasteiger charge is 2.23. The van der Waals surface area contributed by atoms with Crippen molar-refractivity contribution in [3.8, 4) is 0 Å². The number of hydrogen-bond donors (Lipinski definition) is 2.